The molecule has 0 unspecified atom stereocenters. The Balaban J connectivity index is 1.75. The summed E-state index contributed by atoms with van der Waals surface area (Å²) in [6.07, 6.45) is 3.66. The summed E-state index contributed by atoms with van der Waals surface area (Å²) < 4.78 is 2.33. The molecule has 3 aromatic carbocycles. The summed E-state index contributed by atoms with van der Waals surface area (Å²) in [5.74, 6) is 0.458. The summed E-state index contributed by atoms with van der Waals surface area (Å²) in [7, 11) is 0. The van der Waals surface area contributed by atoms with Crippen molar-refractivity contribution in [3.8, 4) is 5.13 Å². The SMILES string of the molecule is O=c1c2ccccc2nc(/C=C/c2ccc(Cl)cc2)n1-c1nc2c(Cl)c(Cl)ccc2s1. The third-order valence-electron chi connectivity index (χ3n) is 4.73. The maximum atomic E-state index is 13.4. The average molecular weight is 485 g/mol. The number of hydrogen-bond acceptors (Lipinski definition) is 4. The number of para-hydroxylation sites is 1. The third-order valence-corrected chi connectivity index (χ3v) is 6.78. The van der Waals surface area contributed by atoms with Gasteiger partial charge in [-0.25, -0.2) is 14.5 Å². The van der Waals surface area contributed by atoms with Crippen LogP contribution in [0, 0.1) is 0 Å². The summed E-state index contributed by atoms with van der Waals surface area (Å²) >= 11 is 19.8. The molecule has 0 saturated carbocycles. The Morgan fingerprint density at radius 1 is 0.871 bits per heavy atom. The molecule has 4 nitrogen and oxygen atoms in total. The van der Waals surface area contributed by atoms with Gasteiger partial charge in [0.15, 0.2) is 5.13 Å². The van der Waals surface area contributed by atoms with Crippen LogP contribution in [-0.2, 0) is 0 Å². The topological polar surface area (TPSA) is 47.8 Å². The van der Waals surface area contributed by atoms with E-state index in [9.17, 15) is 4.79 Å². The van der Waals surface area contributed by atoms with Crippen LogP contribution in [0.4, 0.5) is 0 Å². The maximum absolute atomic E-state index is 13.4. The van der Waals surface area contributed by atoms with Gasteiger partial charge in [0, 0.05) is 5.02 Å². The lowest BCUT2D eigenvalue weighted by Crippen LogP contribution is -2.22. The number of aromatic nitrogens is 3. The van der Waals surface area contributed by atoms with Gasteiger partial charge in [0.25, 0.3) is 5.56 Å². The van der Waals surface area contributed by atoms with Crippen LogP contribution in [0.3, 0.4) is 0 Å². The van der Waals surface area contributed by atoms with Crippen LogP contribution in [0.15, 0.2) is 65.5 Å². The Morgan fingerprint density at radius 3 is 2.45 bits per heavy atom. The highest BCUT2D eigenvalue weighted by atomic mass is 35.5. The standard InChI is InChI=1S/C23H12Cl3N3OS/c24-14-8-5-13(6-9-14)7-12-19-27-17-4-2-1-3-15(17)22(30)29(19)23-28-21-18(31-23)11-10-16(25)20(21)26/h1-12H/b12-7+. The molecule has 0 atom stereocenters. The highest BCUT2D eigenvalue weighted by Crippen LogP contribution is 2.34. The van der Waals surface area contributed by atoms with E-state index in [0.717, 1.165) is 10.3 Å². The normalized spacial score (nSPS) is 11.7. The first-order valence-corrected chi connectivity index (χ1v) is 11.2. The Hall–Kier alpha value is -2.70. The molecule has 5 rings (SSSR count). The van der Waals surface area contributed by atoms with Crippen molar-refractivity contribution in [1.82, 2.24) is 14.5 Å². The van der Waals surface area contributed by atoms with Gasteiger partial charge in [-0.3, -0.25) is 4.79 Å². The molecule has 0 amide bonds. The van der Waals surface area contributed by atoms with Gasteiger partial charge in [0.05, 0.1) is 25.6 Å². The number of halogens is 3. The van der Waals surface area contributed by atoms with Crippen LogP contribution in [-0.4, -0.2) is 14.5 Å². The van der Waals surface area contributed by atoms with Crippen molar-refractivity contribution in [2.24, 2.45) is 0 Å². The fourth-order valence-corrected chi connectivity index (χ4v) is 4.74. The van der Waals surface area contributed by atoms with Crippen molar-refractivity contribution in [2.45, 2.75) is 0 Å². The molecular weight excluding hydrogens is 473 g/mol. The van der Waals surface area contributed by atoms with Crippen molar-refractivity contribution >= 4 is 79.4 Å². The lowest BCUT2D eigenvalue weighted by molar-refractivity contribution is 0.934. The van der Waals surface area contributed by atoms with Crippen molar-refractivity contribution < 1.29 is 0 Å². The zero-order chi connectivity index (χ0) is 21.5. The first kappa shape index (κ1) is 20.2. The second-order valence-corrected chi connectivity index (χ2v) is 8.95. The largest absolute Gasteiger partial charge is 0.268 e. The van der Waals surface area contributed by atoms with Gasteiger partial charge in [-0.15, -0.1) is 0 Å². The summed E-state index contributed by atoms with van der Waals surface area (Å²) in [5, 5.41) is 2.41. The van der Waals surface area contributed by atoms with Gasteiger partial charge in [0.2, 0.25) is 0 Å². The highest BCUT2D eigenvalue weighted by molar-refractivity contribution is 7.20. The second kappa shape index (κ2) is 8.09. The quantitative estimate of drug-likeness (QED) is 0.274. The van der Waals surface area contributed by atoms with Crippen LogP contribution < -0.4 is 5.56 Å². The van der Waals surface area contributed by atoms with Gasteiger partial charge in [0.1, 0.15) is 11.3 Å². The van der Waals surface area contributed by atoms with E-state index in [4.69, 9.17) is 39.8 Å². The zero-order valence-electron chi connectivity index (χ0n) is 15.7. The smallest absolute Gasteiger partial charge is 0.268 e. The van der Waals surface area contributed by atoms with E-state index in [1.807, 2.05) is 42.5 Å². The number of fused-ring (bicyclic) bond motifs is 2. The molecule has 0 aliphatic heterocycles. The molecule has 0 N–H and O–H groups in total. The van der Waals surface area contributed by atoms with E-state index in [-0.39, 0.29) is 5.56 Å². The Bertz CT molecular complexity index is 1540. The minimum absolute atomic E-state index is 0.206. The Kier molecular flexibility index (Phi) is 5.28. The van der Waals surface area contributed by atoms with Crippen molar-refractivity contribution in [3.63, 3.8) is 0 Å². The molecule has 0 spiro atoms. The zero-order valence-corrected chi connectivity index (χ0v) is 18.8. The molecule has 152 valence electrons. The second-order valence-electron chi connectivity index (χ2n) is 6.72. The van der Waals surface area contributed by atoms with Crippen LogP contribution in [0.5, 0.6) is 0 Å². The molecule has 0 aliphatic rings. The van der Waals surface area contributed by atoms with E-state index in [0.29, 0.717) is 42.4 Å². The predicted octanol–water partition coefficient (Wildman–Crippen LogP) is 7.13. The molecule has 0 radical (unpaired) electrons. The summed E-state index contributed by atoms with van der Waals surface area (Å²) in [6.45, 7) is 0. The molecule has 8 heteroatoms. The maximum Gasteiger partial charge on any atom is 0.268 e. The average Bonchev–Trinajstić information content (AvgIpc) is 3.20. The molecular formula is C23H12Cl3N3OS. The van der Waals surface area contributed by atoms with E-state index in [2.05, 4.69) is 4.98 Å². The number of thiazole rings is 1. The molecule has 0 saturated heterocycles. The Morgan fingerprint density at radius 2 is 1.65 bits per heavy atom. The van der Waals surface area contributed by atoms with Crippen LogP contribution in [0.25, 0.3) is 38.4 Å². The third kappa shape index (κ3) is 3.75. The fourth-order valence-electron chi connectivity index (χ4n) is 3.21. The Labute approximate surface area is 196 Å². The fraction of sp³-hybridized carbons (Fsp3) is 0. The molecule has 0 aliphatic carbocycles. The lowest BCUT2D eigenvalue weighted by Gasteiger charge is -2.08. The predicted molar refractivity (Wildman–Crippen MR) is 131 cm³/mol. The number of hydrogen-bond donors (Lipinski definition) is 0. The molecule has 31 heavy (non-hydrogen) atoms. The first-order chi connectivity index (χ1) is 15.0. The number of benzene rings is 3. The minimum atomic E-state index is -0.206. The van der Waals surface area contributed by atoms with Crippen LogP contribution in [0.1, 0.15) is 11.4 Å². The number of rotatable bonds is 3. The van der Waals surface area contributed by atoms with E-state index >= 15 is 0 Å². The first-order valence-electron chi connectivity index (χ1n) is 9.21. The molecule has 2 aromatic heterocycles. The van der Waals surface area contributed by atoms with Gasteiger partial charge in [-0.05, 0) is 48.0 Å². The van der Waals surface area contributed by atoms with Crippen molar-refractivity contribution in [3.05, 3.63) is 97.5 Å². The van der Waals surface area contributed by atoms with Gasteiger partial charge in [-0.2, -0.15) is 0 Å². The minimum Gasteiger partial charge on any atom is -0.268 e. The van der Waals surface area contributed by atoms with Crippen LogP contribution >= 0.6 is 46.1 Å². The lowest BCUT2D eigenvalue weighted by atomic mass is 10.2. The molecule has 5 aromatic rings. The molecule has 0 fully saturated rings. The number of nitrogens with zero attached hydrogens (tertiary/aromatic N) is 3. The van der Waals surface area contributed by atoms with Gasteiger partial charge >= 0.3 is 0 Å². The van der Waals surface area contributed by atoms with E-state index < -0.39 is 0 Å². The van der Waals surface area contributed by atoms with Crippen molar-refractivity contribution in [1.29, 1.82) is 0 Å². The summed E-state index contributed by atoms with van der Waals surface area (Å²) in [5.41, 5.74) is 1.89. The monoisotopic (exact) mass is 483 g/mol. The highest BCUT2D eigenvalue weighted by Gasteiger charge is 2.17. The van der Waals surface area contributed by atoms with Gasteiger partial charge in [-0.1, -0.05) is 76.5 Å². The molecule has 0 bridgehead atoms. The van der Waals surface area contributed by atoms with Crippen LogP contribution in [0.2, 0.25) is 15.1 Å². The summed E-state index contributed by atoms with van der Waals surface area (Å²) in [6, 6.07) is 18.2. The van der Waals surface area contributed by atoms with E-state index in [1.54, 1.807) is 30.3 Å². The van der Waals surface area contributed by atoms with Gasteiger partial charge < -0.3 is 0 Å². The van der Waals surface area contributed by atoms with Crippen molar-refractivity contribution in [2.75, 3.05) is 0 Å². The molecule has 2 heterocycles. The van der Waals surface area contributed by atoms with E-state index in [1.165, 1.54) is 15.9 Å². The summed E-state index contributed by atoms with van der Waals surface area (Å²) in [4.78, 5) is 22.7.